The van der Waals surface area contributed by atoms with Gasteiger partial charge in [0.05, 0.1) is 0 Å². The van der Waals surface area contributed by atoms with Gasteiger partial charge >= 0.3 is 0 Å². The van der Waals surface area contributed by atoms with Crippen LogP contribution in [0.15, 0.2) is 33.8 Å². The van der Waals surface area contributed by atoms with E-state index in [-0.39, 0.29) is 7.53 Å². The average molecular weight is 212 g/mol. The van der Waals surface area contributed by atoms with Crippen molar-refractivity contribution in [2.24, 2.45) is 6.66 Å². The van der Waals surface area contributed by atoms with Crippen molar-refractivity contribution in [1.29, 1.82) is 0 Å². The van der Waals surface area contributed by atoms with Gasteiger partial charge in [0.25, 0.3) is 0 Å². The Balaban J connectivity index is 2.99. The topological polar surface area (TPSA) is 0 Å². The molecule has 12 heavy (non-hydrogen) atoms. The molecule has 0 aliphatic heterocycles. The Morgan fingerprint density at radius 2 is 1.83 bits per heavy atom. The van der Waals surface area contributed by atoms with Crippen LogP contribution in [0.3, 0.4) is 0 Å². The summed E-state index contributed by atoms with van der Waals surface area (Å²) in [5.41, 5.74) is 0. The molecule has 0 amide bonds. The molecular weight excluding hydrogens is 203 g/mol. The molecule has 2 rings (SSSR count). The summed E-state index contributed by atoms with van der Waals surface area (Å²) >= 11 is 8.90. The van der Waals surface area contributed by atoms with E-state index in [1.54, 1.807) is 0 Å². The first-order chi connectivity index (χ1) is 5.72. The van der Waals surface area contributed by atoms with Gasteiger partial charge in [0.15, 0.2) is 0 Å². The molecule has 0 bridgehead atoms. The van der Waals surface area contributed by atoms with Gasteiger partial charge in [-0.15, -0.1) is 32.8 Å². The number of rotatable bonds is 0. The van der Waals surface area contributed by atoms with E-state index in [1.807, 2.05) is 6.07 Å². The molecule has 0 aliphatic rings. The highest BCUT2D eigenvalue weighted by molar-refractivity contribution is 7.88. The Morgan fingerprint density at radius 3 is 2.50 bits per heavy atom. The number of hydrogen-bond acceptors (Lipinski definition) is 2. The van der Waals surface area contributed by atoms with Gasteiger partial charge < -0.3 is 0 Å². The summed E-state index contributed by atoms with van der Waals surface area (Å²) < 4.78 is 1.15. The fraction of sp³-hybridized carbons (Fsp3) is 0.111. The first-order valence-electron chi connectivity index (χ1n) is 3.67. The van der Waals surface area contributed by atoms with Crippen molar-refractivity contribution in [2.45, 2.75) is 9.52 Å². The zero-order valence-corrected chi connectivity index (χ0v) is 9.33. The van der Waals surface area contributed by atoms with Gasteiger partial charge in [-0.05, 0) is 6.66 Å². The maximum Gasteiger partial charge on any atom is 0.0377 e. The van der Waals surface area contributed by atoms with Crippen molar-refractivity contribution < 1.29 is 0 Å². The zero-order valence-electron chi connectivity index (χ0n) is 6.65. The van der Waals surface area contributed by atoms with Crippen LogP contribution in [-0.2, 0) is 6.66 Å². The Morgan fingerprint density at radius 1 is 1.17 bits per heavy atom. The Kier molecular flexibility index (Phi) is 2.16. The minimum absolute atomic E-state index is 0.214. The van der Waals surface area contributed by atoms with Crippen LogP contribution in [0, 0.1) is 0 Å². The molecule has 1 atom stereocenters. The SMILES string of the molecule is Cp1c(S)c(S)c2ccccc21. The lowest BCUT2D eigenvalue weighted by molar-refractivity contribution is 1.47. The zero-order chi connectivity index (χ0) is 8.72. The fourth-order valence-corrected chi connectivity index (χ4v) is 4.06. The van der Waals surface area contributed by atoms with E-state index >= 15 is 0 Å². The molecule has 0 nitrogen and oxygen atoms in total. The third-order valence-corrected chi connectivity index (χ3v) is 5.96. The molecule has 0 saturated carbocycles. The van der Waals surface area contributed by atoms with Crippen molar-refractivity contribution in [3.8, 4) is 0 Å². The van der Waals surface area contributed by atoms with Gasteiger partial charge in [-0.2, -0.15) is 0 Å². The molecule has 3 heteroatoms. The quantitative estimate of drug-likeness (QED) is 0.607. The predicted octanol–water partition coefficient (Wildman–Crippen LogP) is 3.94. The minimum atomic E-state index is -0.214. The van der Waals surface area contributed by atoms with Crippen LogP contribution in [-0.4, -0.2) is 0 Å². The lowest BCUT2D eigenvalue weighted by Crippen LogP contribution is -1.61. The summed E-state index contributed by atoms with van der Waals surface area (Å²) in [5.74, 6) is 0. The van der Waals surface area contributed by atoms with E-state index < -0.39 is 0 Å². The largest absolute Gasteiger partial charge is 0.141 e. The van der Waals surface area contributed by atoms with Crippen LogP contribution in [0.1, 0.15) is 0 Å². The second-order valence-corrected chi connectivity index (χ2v) is 6.04. The summed E-state index contributed by atoms with van der Waals surface area (Å²) in [6.45, 7) is 2.22. The van der Waals surface area contributed by atoms with Crippen molar-refractivity contribution >= 4 is 43.3 Å². The van der Waals surface area contributed by atoms with E-state index in [1.165, 1.54) is 10.5 Å². The molecule has 0 saturated heterocycles. The second kappa shape index (κ2) is 3.02. The second-order valence-electron chi connectivity index (χ2n) is 2.75. The molecule has 1 unspecified atom stereocenters. The van der Waals surface area contributed by atoms with Gasteiger partial charge in [-0.1, -0.05) is 24.3 Å². The standard InChI is InChI=1S/C9H9PS2/c1-10-7-5-3-2-4-6(7)8(11)9(10)12/h2-5,11-12H,1H3. The summed E-state index contributed by atoms with van der Waals surface area (Å²) in [6.07, 6.45) is 0. The lowest BCUT2D eigenvalue weighted by Gasteiger charge is -1.90. The van der Waals surface area contributed by atoms with Crippen LogP contribution in [0.2, 0.25) is 0 Å². The molecule has 0 N–H and O–H groups in total. The smallest absolute Gasteiger partial charge is 0.0377 e. The van der Waals surface area contributed by atoms with Gasteiger partial charge in [-0.25, -0.2) is 0 Å². The van der Waals surface area contributed by atoms with Gasteiger partial charge in [0.1, 0.15) is 0 Å². The van der Waals surface area contributed by atoms with Gasteiger partial charge in [0, 0.05) is 20.0 Å². The normalized spacial score (nSPS) is 12.4. The van der Waals surface area contributed by atoms with Crippen molar-refractivity contribution in [3.63, 3.8) is 0 Å². The Hall–Kier alpha value is -0.0400. The lowest BCUT2D eigenvalue weighted by atomic mass is 10.3. The predicted molar refractivity (Wildman–Crippen MR) is 62.1 cm³/mol. The Bertz CT molecular complexity index is 392. The Labute approximate surface area is 83.9 Å². The number of aryl methyl sites for hydroxylation is 1. The van der Waals surface area contributed by atoms with E-state index in [0.29, 0.717) is 0 Å². The molecule has 2 aromatic rings. The molecule has 0 radical (unpaired) electrons. The molecule has 62 valence electrons. The van der Waals surface area contributed by atoms with Crippen molar-refractivity contribution in [3.05, 3.63) is 24.3 Å². The summed E-state index contributed by atoms with van der Waals surface area (Å²) in [7, 11) is -0.214. The van der Waals surface area contributed by atoms with E-state index in [2.05, 4.69) is 50.1 Å². The average Bonchev–Trinajstić information content (AvgIpc) is 2.33. The highest BCUT2D eigenvalue weighted by Crippen LogP contribution is 2.48. The van der Waals surface area contributed by atoms with Gasteiger partial charge in [0.2, 0.25) is 0 Å². The summed E-state index contributed by atoms with van der Waals surface area (Å²) in [6, 6.07) is 8.40. The molecule has 0 spiro atoms. The maximum atomic E-state index is 4.46. The van der Waals surface area contributed by atoms with Crippen molar-refractivity contribution in [2.75, 3.05) is 0 Å². The summed E-state index contributed by atoms with van der Waals surface area (Å²) in [5, 5.41) is 2.67. The number of benzene rings is 1. The van der Waals surface area contributed by atoms with Crippen LogP contribution in [0.5, 0.6) is 0 Å². The number of hydrogen-bond donors (Lipinski definition) is 2. The fourth-order valence-electron chi connectivity index (χ4n) is 1.36. The molecule has 0 aliphatic carbocycles. The maximum absolute atomic E-state index is 4.46. The highest BCUT2D eigenvalue weighted by atomic mass is 32.1. The van der Waals surface area contributed by atoms with Crippen LogP contribution in [0.25, 0.3) is 10.5 Å². The first kappa shape index (κ1) is 8.55. The van der Waals surface area contributed by atoms with E-state index in [9.17, 15) is 0 Å². The van der Waals surface area contributed by atoms with Crippen LogP contribution >= 0.6 is 32.8 Å². The highest BCUT2D eigenvalue weighted by Gasteiger charge is 2.08. The molecule has 1 aromatic heterocycles. The molecule has 1 heterocycles. The molecule has 1 aromatic carbocycles. The van der Waals surface area contributed by atoms with Crippen LogP contribution in [0.4, 0.5) is 0 Å². The van der Waals surface area contributed by atoms with Gasteiger partial charge in [-0.3, -0.25) is 0 Å². The van der Waals surface area contributed by atoms with E-state index in [0.717, 1.165) is 9.52 Å². The third kappa shape index (κ3) is 1.10. The summed E-state index contributed by atoms with van der Waals surface area (Å²) in [4.78, 5) is 1.06. The van der Waals surface area contributed by atoms with E-state index in [4.69, 9.17) is 0 Å². The van der Waals surface area contributed by atoms with Crippen molar-refractivity contribution in [1.82, 2.24) is 0 Å². The molecular formula is C9H9PS2. The first-order valence-corrected chi connectivity index (χ1v) is 6.35. The number of fused-ring (bicyclic) bond motifs is 1. The minimum Gasteiger partial charge on any atom is -0.141 e. The van der Waals surface area contributed by atoms with Crippen LogP contribution < -0.4 is 0 Å². The third-order valence-electron chi connectivity index (χ3n) is 2.05. The monoisotopic (exact) mass is 212 g/mol. The molecule has 0 fully saturated rings. The number of thiol groups is 2.